The maximum Gasteiger partial charge on any atom is 0.573 e. The van der Waals surface area contributed by atoms with Gasteiger partial charge in [-0.25, -0.2) is 4.98 Å². The van der Waals surface area contributed by atoms with Crippen LogP contribution in [-0.2, 0) is 17.8 Å². The van der Waals surface area contributed by atoms with E-state index in [0.717, 1.165) is 28.9 Å². The molecule has 3 rings (SSSR count). The molecule has 2 heterocycles. The molecule has 8 heteroatoms. The second-order valence-corrected chi connectivity index (χ2v) is 9.28. The highest BCUT2D eigenvalue weighted by molar-refractivity contribution is 5.91. The minimum absolute atomic E-state index is 0.0629. The minimum atomic E-state index is -4.70. The summed E-state index contributed by atoms with van der Waals surface area (Å²) in [4.78, 5) is 19.2. The Morgan fingerprint density at radius 2 is 1.87 bits per heavy atom. The van der Waals surface area contributed by atoms with Crippen LogP contribution in [0.5, 0.6) is 5.75 Å². The first-order chi connectivity index (χ1) is 14.3. The van der Waals surface area contributed by atoms with Gasteiger partial charge in [0.15, 0.2) is 0 Å². The van der Waals surface area contributed by atoms with E-state index >= 15 is 0 Å². The predicted octanol–water partition coefficient (Wildman–Crippen LogP) is 5.61. The Balaban J connectivity index is 1.75. The van der Waals surface area contributed by atoms with E-state index in [0.29, 0.717) is 18.8 Å². The molecule has 1 aromatic heterocycles. The van der Waals surface area contributed by atoms with Crippen LogP contribution in [-0.4, -0.2) is 23.3 Å². The number of hydrogen-bond acceptors (Lipinski definition) is 4. The van der Waals surface area contributed by atoms with E-state index in [2.05, 4.69) is 21.9 Å². The first-order valence-corrected chi connectivity index (χ1v) is 10.2. The van der Waals surface area contributed by atoms with Crippen molar-refractivity contribution in [1.82, 2.24) is 4.98 Å². The summed E-state index contributed by atoms with van der Waals surface area (Å²) in [6.07, 6.45) is -3.57. The smallest absolute Gasteiger partial charge is 0.406 e. The lowest BCUT2D eigenvalue weighted by Gasteiger charge is -2.25. The number of carbonyl (C=O) groups excluding carboxylic acids is 1. The van der Waals surface area contributed by atoms with Crippen molar-refractivity contribution in [2.75, 3.05) is 10.2 Å². The lowest BCUT2D eigenvalue weighted by atomic mass is 9.92. The highest BCUT2D eigenvalue weighted by atomic mass is 19.4. The molecular formula is C23H28F3N3O2. The summed E-state index contributed by atoms with van der Waals surface area (Å²) in [5, 5.41) is 2.93. The van der Waals surface area contributed by atoms with Crippen LogP contribution in [0.15, 0.2) is 30.3 Å². The quantitative estimate of drug-likeness (QED) is 0.663. The first kappa shape index (κ1) is 22.9. The number of ether oxygens (including phenoxy) is 1. The van der Waals surface area contributed by atoms with Gasteiger partial charge in [0.25, 0.3) is 0 Å². The summed E-state index contributed by atoms with van der Waals surface area (Å²) in [5.74, 6) is 0.280. The van der Waals surface area contributed by atoms with Gasteiger partial charge in [-0.3, -0.25) is 4.79 Å². The molecule has 0 fully saturated rings. The van der Waals surface area contributed by atoms with Gasteiger partial charge < -0.3 is 15.0 Å². The van der Waals surface area contributed by atoms with Crippen molar-refractivity contribution in [2.24, 2.45) is 5.41 Å². The molecule has 0 saturated carbocycles. The number of aryl methyl sites for hydroxylation is 1. The number of alkyl halides is 3. The van der Waals surface area contributed by atoms with Gasteiger partial charge in [-0.2, -0.15) is 0 Å². The molecule has 31 heavy (non-hydrogen) atoms. The number of anilines is 2. The minimum Gasteiger partial charge on any atom is -0.406 e. The number of amides is 1. The number of carbonyl (C=O) groups is 1. The topological polar surface area (TPSA) is 54.5 Å². The molecule has 1 atom stereocenters. The zero-order chi connectivity index (χ0) is 23.0. The largest absolute Gasteiger partial charge is 0.573 e. The van der Waals surface area contributed by atoms with Crippen molar-refractivity contribution in [3.63, 3.8) is 0 Å². The van der Waals surface area contributed by atoms with Crippen molar-refractivity contribution in [3.05, 3.63) is 47.2 Å². The standard InChI is InChI=1S/C23H28F3N3O2/c1-14-10-19-18(27-21(14)28-20(30)12-22(3,4)5)11-15(2)29(19)13-16-6-8-17(9-7-16)31-23(24,25)26/h6-10,15H,11-13H2,1-5H3,(H,27,28,30)/t15-/m1/s1. The fraction of sp³-hybridized carbons (Fsp3) is 0.478. The monoisotopic (exact) mass is 435 g/mol. The van der Waals surface area contributed by atoms with Crippen LogP contribution in [0.1, 0.15) is 50.9 Å². The Labute approximate surface area is 180 Å². The second-order valence-electron chi connectivity index (χ2n) is 9.28. The Hall–Kier alpha value is -2.77. The van der Waals surface area contributed by atoms with Gasteiger partial charge in [-0.15, -0.1) is 13.2 Å². The number of hydrogen-bond donors (Lipinski definition) is 1. The molecule has 2 aromatic rings. The number of nitrogens with one attached hydrogen (secondary N) is 1. The zero-order valence-corrected chi connectivity index (χ0v) is 18.4. The van der Waals surface area contributed by atoms with Crippen LogP contribution in [0.3, 0.4) is 0 Å². The van der Waals surface area contributed by atoms with Crippen molar-refractivity contribution >= 4 is 17.4 Å². The summed E-state index contributed by atoms with van der Waals surface area (Å²) in [5.41, 5.74) is 3.51. The van der Waals surface area contributed by atoms with E-state index in [1.54, 1.807) is 12.1 Å². The Morgan fingerprint density at radius 3 is 2.45 bits per heavy atom. The molecule has 0 unspecified atom stereocenters. The molecule has 0 spiro atoms. The maximum absolute atomic E-state index is 12.4. The van der Waals surface area contributed by atoms with E-state index in [1.807, 2.05) is 33.8 Å². The van der Waals surface area contributed by atoms with Crippen molar-refractivity contribution < 1.29 is 22.7 Å². The molecule has 0 bridgehead atoms. The first-order valence-electron chi connectivity index (χ1n) is 10.2. The molecule has 0 saturated heterocycles. The van der Waals surface area contributed by atoms with Gasteiger partial charge >= 0.3 is 6.36 Å². The molecule has 1 aliphatic rings. The number of benzene rings is 1. The van der Waals surface area contributed by atoms with Gasteiger partial charge in [-0.05, 0) is 48.6 Å². The Bertz CT molecular complexity index is 950. The Morgan fingerprint density at radius 1 is 1.23 bits per heavy atom. The third-order valence-corrected chi connectivity index (χ3v) is 5.06. The van der Waals surface area contributed by atoms with E-state index in [4.69, 9.17) is 4.98 Å². The molecule has 5 nitrogen and oxygen atoms in total. The molecular weight excluding hydrogens is 407 g/mol. The van der Waals surface area contributed by atoms with Crippen LogP contribution in [0.4, 0.5) is 24.7 Å². The van der Waals surface area contributed by atoms with E-state index in [-0.39, 0.29) is 23.1 Å². The van der Waals surface area contributed by atoms with Crippen LogP contribution in [0, 0.1) is 12.3 Å². The molecule has 0 aliphatic carbocycles. The summed E-state index contributed by atoms with van der Waals surface area (Å²) in [7, 11) is 0. The number of aromatic nitrogens is 1. The lowest BCUT2D eigenvalue weighted by molar-refractivity contribution is -0.274. The summed E-state index contributed by atoms with van der Waals surface area (Å²) in [6, 6.07) is 8.09. The molecule has 1 aromatic carbocycles. The van der Waals surface area contributed by atoms with Gasteiger partial charge in [0.05, 0.1) is 11.4 Å². The van der Waals surface area contributed by atoms with Crippen molar-refractivity contribution in [3.8, 4) is 5.75 Å². The summed E-state index contributed by atoms with van der Waals surface area (Å²) < 4.78 is 41.0. The number of fused-ring (bicyclic) bond motifs is 1. The summed E-state index contributed by atoms with van der Waals surface area (Å²) >= 11 is 0. The summed E-state index contributed by atoms with van der Waals surface area (Å²) in [6.45, 7) is 10.6. The van der Waals surface area contributed by atoms with Gasteiger partial charge in [0, 0.05) is 25.4 Å². The van der Waals surface area contributed by atoms with Gasteiger partial charge in [0.1, 0.15) is 11.6 Å². The van der Waals surface area contributed by atoms with Gasteiger partial charge in [-0.1, -0.05) is 32.9 Å². The number of pyridine rings is 1. The average molecular weight is 435 g/mol. The molecule has 1 aliphatic heterocycles. The second kappa shape index (κ2) is 8.40. The number of nitrogens with zero attached hydrogens (tertiary/aromatic N) is 2. The fourth-order valence-electron chi connectivity index (χ4n) is 3.68. The van der Waals surface area contributed by atoms with Crippen LogP contribution >= 0.6 is 0 Å². The normalized spacial score (nSPS) is 16.3. The van der Waals surface area contributed by atoms with Crippen LogP contribution in [0.2, 0.25) is 0 Å². The van der Waals surface area contributed by atoms with Crippen LogP contribution in [0.25, 0.3) is 0 Å². The molecule has 1 N–H and O–H groups in total. The molecule has 168 valence electrons. The SMILES string of the molecule is Cc1cc2c(nc1NC(=O)CC(C)(C)C)C[C@@H](C)N2Cc1ccc(OC(F)(F)F)cc1. The molecule has 1 amide bonds. The van der Waals surface area contributed by atoms with Crippen molar-refractivity contribution in [1.29, 1.82) is 0 Å². The third kappa shape index (κ3) is 6.12. The Kier molecular flexibility index (Phi) is 6.21. The highest BCUT2D eigenvalue weighted by Crippen LogP contribution is 2.35. The number of rotatable bonds is 5. The van der Waals surface area contributed by atoms with E-state index < -0.39 is 6.36 Å². The average Bonchev–Trinajstić information content (AvgIpc) is 2.89. The van der Waals surface area contributed by atoms with Gasteiger partial charge in [0.2, 0.25) is 5.91 Å². The van der Waals surface area contributed by atoms with E-state index in [1.165, 1.54) is 12.1 Å². The van der Waals surface area contributed by atoms with Crippen molar-refractivity contribution in [2.45, 2.75) is 66.4 Å². The highest BCUT2D eigenvalue weighted by Gasteiger charge is 2.31. The lowest BCUT2D eigenvalue weighted by Crippen LogP contribution is -2.28. The zero-order valence-electron chi connectivity index (χ0n) is 18.4. The third-order valence-electron chi connectivity index (χ3n) is 5.06. The maximum atomic E-state index is 12.4. The predicted molar refractivity (Wildman–Crippen MR) is 114 cm³/mol. The van der Waals surface area contributed by atoms with E-state index in [9.17, 15) is 18.0 Å². The fourth-order valence-corrected chi connectivity index (χ4v) is 3.68. The number of halogens is 3. The van der Waals surface area contributed by atoms with Crippen LogP contribution < -0.4 is 15.0 Å². The molecule has 0 radical (unpaired) electrons.